The van der Waals surface area contributed by atoms with Crippen molar-refractivity contribution < 1.29 is 15.3 Å². The number of aromatic hydroxyl groups is 2. The summed E-state index contributed by atoms with van der Waals surface area (Å²) in [6, 6.07) is 11.5. The van der Waals surface area contributed by atoms with Gasteiger partial charge in [-0.1, -0.05) is 12.1 Å². The monoisotopic (exact) mass is 342 g/mol. The molecule has 2 rings (SSSR count). The average Bonchev–Trinajstić information content (AvgIpc) is 2.62. The Hall–Kier alpha value is -2.53. The van der Waals surface area contributed by atoms with Crippen LogP contribution in [0, 0.1) is 0 Å². The molecule has 5 nitrogen and oxygen atoms in total. The largest absolute Gasteiger partial charge is 0.508 e. The van der Waals surface area contributed by atoms with Crippen LogP contribution in [0.25, 0.3) is 0 Å². The van der Waals surface area contributed by atoms with E-state index in [2.05, 4.69) is 23.7 Å². The summed E-state index contributed by atoms with van der Waals surface area (Å²) in [7, 11) is 0. The molecule has 2 atom stereocenters. The molecule has 0 radical (unpaired) electrons. The maximum absolute atomic E-state index is 10.3. The first-order chi connectivity index (χ1) is 12.0. The molecule has 0 aliphatic heterocycles. The molecule has 0 aromatic heterocycles. The highest BCUT2D eigenvalue weighted by molar-refractivity contribution is 5.84. The summed E-state index contributed by atoms with van der Waals surface area (Å²) < 4.78 is 0. The molecule has 0 aliphatic rings. The van der Waals surface area contributed by atoms with Crippen LogP contribution in [0.4, 0.5) is 5.69 Å². The lowest BCUT2D eigenvalue weighted by Crippen LogP contribution is -2.21. The average molecular weight is 342 g/mol. The Morgan fingerprint density at radius 2 is 1.68 bits per heavy atom. The van der Waals surface area contributed by atoms with Crippen LogP contribution >= 0.6 is 0 Å². The second-order valence-electron chi connectivity index (χ2n) is 5.97. The number of benzene rings is 2. The first kappa shape index (κ1) is 18.8. The minimum absolute atomic E-state index is 0.158. The van der Waals surface area contributed by atoms with Gasteiger partial charge >= 0.3 is 0 Å². The summed E-state index contributed by atoms with van der Waals surface area (Å²) in [6.45, 7) is 7.69. The van der Waals surface area contributed by atoms with Crippen molar-refractivity contribution in [2.45, 2.75) is 32.9 Å². The molecule has 0 aliphatic carbocycles. The molecular weight excluding hydrogens is 316 g/mol. The fourth-order valence-corrected chi connectivity index (χ4v) is 2.66. The number of anilines is 1. The second-order valence-corrected chi connectivity index (χ2v) is 5.97. The Labute approximate surface area is 148 Å². The SMILES string of the molecule is CCN(CC)c1ccc(C=N[C@H](C)[C@H](O)c2ccc(O)cc2)c(O)c1. The zero-order chi connectivity index (χ0) is 18.4. The predicted octanol–water partition coefficient (Wildman–Crippen LogP) is 3.49. The number of aliphatic imine (C=N–C) groups is 1. The van der Waals surface area contributed by atoms with Gasteiger partial charge in [0, 0.05) is 36.6 Å². The number of nitrogens with zero attached hydrogens (tertiary/aromatic N) is 2. The van der Waals surface area contributed by atoms with Crippen LogP contribution < -0.4 is 4.90 Å². The number of phenolic OH excluding ortho intramolecular Hbond substituents is 2. The molecule has 0 saturated heterocycles. The van der Waals surface area contributed by atoms with Gasteiger partial charge in [-0.2, -0.15) is 0 Å². The van der Waals surface area contributed by atoms with E-state index in [-0.39, 0.29) is 17.5 Å². The molecule has 0 bridgehead atoms. The number of aliphatic hydroxyl groups excluding tert-OH is 1. The first-order valence-electron chi connectivity index (χ1n) is 8.54. The summed E-state index contributed by atoms with van der Waals surface area (Å²) in [5.74, 6) is 0.324. The van der Waals surface area contributed by atoms with Crippen LogP contribution in [0.3, 0.4) is 0 Å². The molecule has 134 valence electrons. The van der Waals surface area contributed by atoms with Gasteiger partial charge in [0.1, 0.15) is 17.6 Å². The highest BCUT2D eigenvalue weighted by Crippen LogP contribution is 2.25. The maximum Gasteiger partial charge on any atom is 0.126 e. The van der Waals surface area contributed by atoms with Crippen LogP contribution in [0.15, 0.2) is 47.5 Å². The lowest BCUT2D eigenvalue weighted by Gasteiger charge is -2.21. The van der Waals surface area contributed by atoms with Crippen molar-refractivity contribution in [1.29, 1.82) is 0 Å². The number of hydrogen-bond acceptors (Lipinski definition) is 5. The van der Waals surface area contributed by atoms with Gasteiger partial charge < -0.3 is 20.2 Å². The zero-order valence-electron chi connectivity index (χ0n) is 14.9. The normalized spacial score (nSPS) is 13.8. The molecular formula is C20H26N2O3. The van der Waals surface area contributed by atoms with Crippen molar-refractivity contribution in [2.24, 2.45) is 4.99 Å². The van der Waals surface area contributed by atoms with E-state index in [0.29, 0.717) is 11.1 Å². The number of aliphatic hydroxyl groups is 1. The van der Waals surface area contributed by atoms with E-state index in [1.165, 1.54) is 12.1 Å². The van der Waals surface area contributed by atoms with E-state index in [0.717, 1.165) is 18.8 Å². The summed E-state index contributed by atoms with van der Waals surface area (Å²) >= 11 is 0. The highest BCUT2D eigenvalue weighted by atomic mass is 16.3. The van der Waals surface area contributed by atoms with Crippen molar-refractivity contribution >= 4 is 11.9 Å². The second kappa shape index (κ2) is 8.53. The molecule has 0 heterocycles. The van der Waals surface area contributed by atoms with Gasteiger partial charge in [0.2, 0.25) is 0 Å². The third-order valence-electron chi connectivity index (χ3n) is 4.28. The maximum atomic E-state index is 10.3. The fraction of sp³-hybridized carbons (Fsp3) is 0.350. The van der Waals surface area contributed by atoms with Crippen LogP contribution in [0.5, 0.6) is 11.5 Å². The topological polar surface area (TPSA) is 76.3 Å². The van der Waals surface area contributed by atoms with E-state index in [1.54, 1.807) is 31.3 Å². The van der Waals surface area contributed by atoms with Gasteiger partial charge in [-0.05, 0) is 50.6 Å². The summed E-state index contributed by atoms with van der Waals surface area (Å²) in [6.07, 6.45) is 0.796. The third-order valence-corrected chi connectivity index (χ3v) is 4.28. The van der Waals surface area contributed by atoms with Gasteiger partial charge in [0.05, 0.1) is 6.04 Å². The van der Waals surface area contributed by atoms with Crippen LogP contribution in [-0.4, -0.2) is 40.7 Å². The van der Waals surface area contributed by atoms with Gasteiger partial charge in [-0.25, -0.2) is 0 Å². The van der Waals surface area contributed by atoms with Crippen molar-refractivity contribution in [3.8, 4) is 11.5 Å². The van der Waals surface area contributed by atoms with E-state index in [4.69, 9.17) is 0 Å². The van der Waals surface area contributed by atoms with Gasteiger partial charge in [0.15, 0.2) is 0 Å². The Kier molecular flexibility index (Phi) is 6.42. The van der Waals surface area contributed by atoms with Crippen LogP contribution in [0.2, 0.25) is 0 Å². The smallest absolute Gasteiger partial charge is 0.126 e. The minimum atomic E-state index is -0.783. The van der Waals surface area contributed by atoms with Crippen LogP contribution in [-0.2, 0) is 0 Å². The predicted molar refractivity (Wildman–Crippen MR) is 102 cm³/mol. The standard InChI is InChI=1S/C20H26N2O3/c1-4-22(5-2)17-9-6-16(19(24)12-17)13-21-14(3)20(25)15-7-10-18(23)11-8-15/h6-14,20,23-25H,4-5H2,1-3H3/t14-,20+/m1/s1. The van der Waals surface area contributed by atoms with E-state index in [9.17, 15) is 15.3 Å². The van der Waals surface area contributed by atoms with E-state index >= 15 is 0 Å². The number of rotatable bonds is 7. The van der Waals surface area contributed by atoms with Crippen molar-refractivity contribution in [3.63, 3.8) is 0 Å². The summed E-state index contributed by atoms with van der Waals surface area (Å²) in [5, 5.41) is 29.9. The van der Waals surface area contributed by atoms with Crippen molar-refractivity contribution in [2.75, 3.05) is 18.0 Å². The summed E-state index contributed by atoms with van der Waals surface area (Å²) in [4.78, 5) is 6.51. The quantitative estimate of drug-likeness (QED) is 0.673. The Balaban J connectivity index is 2.11. The van der Waals surface area contributed by atoms with Gasteiger partial charge in [-0.15, -0.1) is 0 Å². The molecule has 5 heteroatoms. The molecule has 2 aromatic rings. The van der Waals surface area contributed by atoms with Crippen LogP contribution in [0.1, 0.15) is 38.0 Å². The molecule has 0 amide bonds. The Bertz CT molecular complexity index is 709. The van der Waals surface area contributed by atoms with Gasteiger partial charge in [-0.3, -0.25) is 4.99 Å². The number of hydrogen-bond donors (Lipinski definition) is 3. The van der Waals surface area contributed by atoms with Crippen molar-refractivity contribution in [3.05, 3.63) is 53.6 Å². The third kappa shape index (κ3) is 4.73. The molecule has 0 unspecified atom stereocenters. The van der Waals surface area contributed by atoms with E-state index in [1.807, 2.05) is 12.1 Å². The highest BCUT2D eigenvalue weighted by Gasteiger charge is 2.15. The van der Waals surface area contributed by atoms with Gasteiger partial charge in [0.25, 0.3) is 0 Å². The summed E-state index contributed by atoms with van der Waals surface area (Å²) in [5.41, 5.74) is 2.26. The first-order valence-corrected chi connectivity index (χ1v) is 8.54. The molecule has 0 fully saturated rings. The molecule has 0 spiro atoms. The molecule has 2 aromatic carbocycles. The van der Waals surface area contributed by atoms with E-state index < -0.39 is 6.10 Å². The van der Waals surface area contributed by atoms with Crippen molar-refractivity contribution in [1.82, 2.24) is 0 Å². The molecule has 25 heavy (non-hydrogen) atoms. The lowest BCUT2D eigenvalue weighted by molar-refractivity contribution is 0.154. The fourth-order valence-electron chi connectivity index (χ4n) is 2.66. The molecule has 3 N–H and O–H groups in total. The Morgan fingerprint density at radius 1 is 1.04 bits per heavy atom. The minimum Gasteiger partial charge on any atom is -0.508 e. The lowest BCUT2D eigenvalue weighted by atomic mass is 10.0. The zero-order valence-corrected chi connectivity index (χ0v) is 14.9. The molecule has 0 saturated carbocycles. The Morgan fingerprint density at radius 3 is 2.24 bits per heavy atom. The number of phenols is 2.